The second-order valence-corrected chi connectivity index (χ2v) is 18.4. The Kier molecular flexibility index (Phi) is 14.7. The van der Waals surface area contributed by atoms with Crippen LogP contribution in [0.15, 0.2) is 0 Å². The number of hydrogen-bond acceptors (Lipinski definition) is 6. The molecule has 0 rings (SSSR count). The van der Waals surface area contributed by atoms with Gasteiger partial charge in [-0.3, -0.25) is 9.59 Å². The van der Waals surface area contributed by atoms with E-state index in [0.29, 0.717) is 6.42 Å². The summed E-state index contributed by atoms with van der Waals surface area (Å²) in [4.78, 5) is 65.8. The van der Waals surface area contributed by atoms with Gasteiger partial charge >= 0.3 is 11.9 Å². The molecule has 0 radical (unpaired) electrons. The molecule has 246 valence electrons. The molecule has 0 aliphatic heterocycles. The number of ketones is 2. The van der Waals surface area contributed by atoms with Crippen LogP contribution in [0.1, 0.15) is 156 Å². The van der Waals surface area contributed by atoms with E-state index in [-0.39, 0.29) is 58.7 Å². The molecule has 0 saturated heterocycles. The molecule has 0 aromatic heterocycles. The summed E-state index contributed by atoms with van der Waals surface area (Å²) >= 11 is 0. The highest BCUT2D eigenvalue weighted by molar-refractivity contribution is 6.22. The van der Waals surface area contributed by atoms with E-state index >= 15 is 0 Å². The van der Waals surface area contributed by atoms with Crippen LogP contribution in [0, 0.1) is 50.7 Å². The zero-order valence-corrected chi connectivity index (χ0v) is 30.2. The van der Waals surface area contributed by atoms with Gasteiger partial charge in [0.1, 0.15) is 0 Å². The van der Waals surface area contributed by atoms with Crippen LogP contribution >= 0.6 is 0 Å². The van der Waals surface area contributed by atoms with Gasteiger partial charge in [0.2, 0.25) is 0 Å². The van der Waals surface area contributed by atoms with E-state index < -0.39 is 34.8 Å². The van der Waals surface area contributed by atoms with Gasteiger partial charge in [-0.05, 0) is 71.0 Å². The molecule has 0 fully saturated rings. The zero-order valence-electron chi connectivity index (χ0n) is 30.2. The third kappa shape index (κ3) is 15.1. The van der Waals surface area contributed by atoms with Gasteiger partial charge < -0.3 is 0 Å². The van der Waals surface area contributed by atoms with Gasteiger partial charge in [-0.15, -0.1) is 0 Å². The third-order valence-electron chi connectivity index (χ3n) is 7.54. The van der Waals surface area contributed by atoms with Crippen LogP contribution in [-0.4, -0.2) is 23.5 Å². The average Bonchev–Trinajstić information content (AvgIpc) is 2.66. The fourth-order valence-corrected chi connectivity index (χ4v) is 6.98. The Hall–Kier alpha value is -1.72. The summed E-state index contributed by atoms with van der Waals surface area (Å²) in [5.74, 6) is -3.35. The number of carbonyl (C=O) groups is 4. The summed E-state index contributed by atoms with van der Waals surface area (Å²) < 4.78 is 0. The third-order valence-corrected chi connectivity index (χ3v) is 7.54. The Morgan fingerprint density at radius 1 is 0.476 bits per heavy atom. The SMILES string of the molecule is CC(CC(=O)OOC(=O)C(C(=O)CC(C)CC(C)(C)C)(C(=O)CC(C)CC(C)(C)C)C(C)CC(C)(C)C)CC(C)(C)C. The maximum absolute atomic E-state index is 14.4. The molecule has 4 unspecified atom stereocenters. The van der Waals surface area contributed by atoms with Crippen molar-refractivity contribution in [3.63, 3.8) is 0 Å². The smallest absolute Gasteiger partial charge is 0.298 e. The quantitative estimate of drug-likeness (QED) is 0.113. The molecular weight excluding hydrogens is 528 g/mol. The molecule has 0 spiro atoms. The summed E-state index contributed by atoms with van der Waals surface area (Å²) in [7, 11) is 0. The fourth-order valence-electron chi connectivity index (χ4n) is 6.98. The van der Waals surface area contributed by atoms with Crippen molar-refractivity contribution in [3.05, 3.63) is 0 Å². The summed E-state index contributed by atoms with van der Waals surface area (Å²) in [6, 6.07) is 0. The molecule has 0 aromatic rings. The number of hydrogen-bond donors (Lipinski definition) is 0. The van der Waals surface area contributed by atoms with E-state index in [2.05, 4.69) is 62.3 Å². The van der Waals surface area contributed by atoms with Crippen molar-refractivity contribution in [3.8, 4) is 0 Å². The van der Waals surface area contributed by atoms with Crippen molar-refractivity contribution >= 4 is 23.5 Å². The molecule has 0 aliphatic carbocycles. The molecule has 0 bridgehead atoms. The first-order valence-corrected chi connectivity index (χ1v) is 16.1. The molecule has 4 atom stereocenters. The van der Waals surface area contributed by atoms with Crippen LogP contribution in [0.5, 0.6) is 0 Å². The monoisotopic (exact) mass is 594 g/mol. The number of carbonyl (C=O) groups excluding carboxylic acids is 4. The minimum atomic E-state index is -2.05. The maximum atomic E-state index is 14.4. The Morgan fingerprint density at radius 2 is 0.786 bits per heavy atom. The van der Waals surface area contributed by atoms with E-state index in [1.165, 1.54) is 0 Å². The lowest BCUT2D eigenvalue weighted by Gasteiger charge is -2.38. The van der Waals surface area contributed by atoms with Gasteiger partial charge in [-0.25, -0.2) is 19.4 Å². The highest BCUT2D eigenvalue weighted by Crippen LogP contribution is 2.43. The second kappa shape index (κ2) is 15.3. The molecule has 0 aliphatic rings. The summed E-state index contributed by atoms with van der Waals surface area (Å²) in [6.07, 6.45) is 2.95. The van der Waals surface area contributed by atoms with Crippen LogP contribution in [0.25, 0.3) is 0 Å². The lowest BCUT2D eigenvalue weighted by molar-refractivity contribution is -0.267. The Bertz CT molecular complexity index is 867. The van der Waals surface area contributed by atoms with E-state index in [0.717, 1.165) is 19.3 Å². The summed E-state index contributed by atoms with van der Waals surface area (Å²) in [6.45, 7) is 32.7. The van der Waals surface area contributed by atoms with E-state index in [4.69, 9.17) is 9.78 Å². The highest BCUT2D eigenvalue weighted by Gasteiger charge is 2.58. The van der Waals surface area contributed by atoms with E-state index in [9.17, 15) is 19.2 Å². The predicted molar refractivity (Wildman–Crippen MR) is 171 cm³/mol. The highest BCUT2D eigenvalue weighted by atomic mass is 17.2. The molecule has 0 N–H and O–H groups in total. The first-order valence-electron chi connectivity index (χ1n) is 16.1. The van der Waals surface area contributed by atoms with Crippen LogP contribution in [-0.2, 0) is 29.0 Å². The van der Waals surface area contributed by atoms with Crippen molar-refractivity contribution in [1.29, 1.82) is 0 Å². The normalized spacial score (nSPS) is 17.4. The molecule has 0 heterocycles. The van der Waals surface area contributed by atoms with Crippen LogP contribution in [0.2, 0.25) is 0 Å². The topological polar surface area (TPSA) is 86.7 Å². The summed E-state index contributed by atoms with van der Waals surface area (Å²) in [5.41, 5.74) is -2.34. The van der Waals surface area contributed by atoms with Gasteiger partial charge in [-0.2, -0.15) is 0 Å². The van der Waals surface area contributed by atoms with Crippen molar-refractivity contribution in [2.75, 3.05) is 0 Å². The van der Waals surface area contributed by atoms with E-state index in [1.807, 2.05) is 41.5 Å². The minimum absolute atomic E-state index is 0.0144. The van der Waals surface area contributed by atoms with Crippen LogP contribution in [0.4, 0.5) is 0 Å². The fraction of sp³-hybridized carbons (Fsp3) is 0.889. The second-order valence-electron chi connectivity index (χ2n) is 18.4. The van der Waals surface area contributed by atoms with Gasteiger partial charge in [0.15, 0.2) is 17.0 Å². The Morgan fingerprint density at radius 3 is 1.10 bits per heavy atom. The van der Waals surface area contributed by atoms with Crippen molar-refractivity contribution in [1.82, 2.24) is 0 Å². The van der Waals surface area contributed by atoms with Crippen LogP contribution < -0.4 is 0 Å². The first kappa shape index (κ1) is 40.3. The van der Waals surface area contributed by atoms with Gasteiger partial charge in [0, 0.05) is 12.8 Å². The molecular formula is C36H66O6. The summed E-state index contributed by atoms with van der Waals surface area (Å²) in [5, 5.41) is 0. The lowest BCUT2D eigenvalue weighted by atomic mass is 9.62. The average molecular weight is 595 g/mol. The van der Waals surface area contributed by atoms with Crippen molar-refractivity contribution in [2.45, 2.75) is 156 Å². The Balaban J connectivity index is 6.57. The predicted octanol–water partition coefficient (Wildman–Crippen LogP) is 9.57. The van der Waals surface area contributed by atoms with Gasteiger partial charge in [-0.1, -0.05) is 111 Å². The first-order chi connectivity index (χ1) is 18.6. The van der Waals surface area contributed by atoms with Crippen molar-refractivity contribution in [2.24, 2.45) is 50.7 Å². The molecule has 0 aromatic carbocycles. The molecule has 6 heteroatoms. The molecule has 0 saturated carbocycles. The maximum Gasteiger partial charge on any atom is 0.376 e. The van der Waals surface area contributed by atoms with Crippen molar-refractivity contribution < 1.29 is 29.0 Å². The van der Waals surface area contributed by atoms with E-state index in [1.54, 1.807) is 6.92 Å². The van der Waals surface area contributed by atoms with Gasteiger partial charge in [0.05, 0.1) is 6.42 Å². The largest absolute Gasteiger partial charge is 0.376 e. The molecule has 42 heavy (non-hydrogen) atoms. The standard InChI is InChI=1S/C36H66O6/c1-24(20-32(5,6)7)17-28(37)36(27(4)23-35(14,15)16,29(38)18-25(2)21-33(8,9)10)31(40)42-41-30(39)19-26(3)22-34(11,12)13/h24-27H,17-23H2,1-16H3. The zero-order chi connectivity index (χ0) is 33.5. The number of Topliss-reactive ketones (excluding diaryl/α,β-unsaturated/α-hetero) is 2. The molecule has 6 nitrogen and oxygen atoms in total. The lowest BCUT2D eigenvalue weighted by Crippen LogP contribution is -2.53. The van der Waals surface area contributed by atoms with Gasteiger partial charge in [0.25, 0.3) is 0 Å². The Labute approximate surface area is 258 Å². The number of rotatable bonds is 14. The molecule has 0 amide bonds. The van der Waals surface area contributed by atoms with Crippen LogP contribution in [0.3, 0.4) is 0 Å². The minimum Gasteiger partial charge on any atom is -0.298 e.